The van der Waals surface area contributed by atoms with Crippen LogP contribution in [-0.2, 0) is 16.0 Å². The maximum atomic E-state index is 12.4. The standard InChI is InChI=1S/C23H34N2O2/c1-23(2,3)19-15-22(27)25-20-14-17(12-13-18(19)20)24-21(26)11-7-10-16-8-5-4-6-9-16/h4-6,8-9,17-20H,7,10-15H2,1-3H3,(H,24,26)(H,25,27). The maximum Gasteiger partial charge on any atom is 0.220 e. The van der Waals surface area contributed by atoms with Crippen LogP contribution in [0.2, 0.25) is 0 Å². The summed E-state index contributed by atoms with van der Waals surface area (Å²) >= 11 is 0. The molecule has 2 aliphatic rings. The Kier molecular flexibility index (Phi) is 6.23. The molecule has 148 valence electrons. The zero-order chi connectivity index (χ0) is 19.4. The van der Waals surface area contributed by atoms with Crippen molar-refractivity contribution in [3.63, 3.8) is 0 Å². The highest BCUT2D eigenvalue weighted by Crippen LogP contribution is 2.44. The van der Waals surface area contributed by atoms with E-state index in [0.29, 0.717) is 24.7 Å². The van der Waals surface area contributed by atoms with E-state index < -0.39 is 0 Å². The molecule has 1 aliphatic heterocycles. The molecule has 1 aromatic rings. The lowest BCUT2D eigenvalue weighted by Gasteiger charge is -2.48. The van der Waals surface area contributed by atoms with E-state index in [9.17, 15) is 9.59 Å². The molecule has 1 saturated carbocycles. The molecule has 0 radical (unpaired) electrons. The molecular formula is C23H34N2O2. The fourth-order valence-electron chi connectivity index (χ4n) is 4.94. The zero-order valence-electron chi connectivity index (χ0n) is 17.0. The number of hydrogen-bond donors (Lipinski definition) is 2. The van der Waals surface area contributed by atoms with Crippen LogP contribution in [0.4, 0.5) is 0 Å². The number of piperidine rings is 1. The van der Waals surface area contributed by atoms with E-state index >= 15 is 0 Å². The SMILES string of the molecule is CC(C)(C)C1CC(=O)NC2CC(NC(=O)CCCc3ccccc3)CCC21. The van der Waals surface area contributed by atoms with Crippen LogP contribution in [0.15, 0.2) is 30.3 Å². The van der Waals surface area contributed by atoms with Gasteiger partial charge < -0.3 is 10.6 Å². The molecule has 4 unspecified atom stereocenters. The van der Waals surface area contributed by atoms with Gasteiger partial charge in [-0.3, -0.25) is 9.59 Å². The van der Waals surface area contributed by atoms with E-state index in [1.165, 1.54) is 5.56 Å². The smallest absolute Gasteiger partial charge is 0.220 e. The number of carbonyl (C=O) groups is 2. The minimum atomic E-state index is 0.142. The topological polar surface area (TPSA) is 58.2 Å². The van der Waals surface area contributed by atoms with Crippen LogP contribution >= 0.6 is 0 Å². The summed E-state index contributed by atoms with van der Waals surface area (Å²) < 4.78 is 0. The average molecular weight is 371 g/mol. The highest BCUT2D eigenvalue weighted by atomic mass is 16.2. The van der Waals surface area contributed by atoms with Gasteiger partial charge in [-0.2, -0.15) is 0 Å². The second-order valence-corrected chi connectivity index (χ2v) is 9.43. The molecule has 1 heterocycles. The normalized spacial score (nSPS) is 28.2. The van der Waals surface area contributed by atoms with Crippen LogP contribution in [-0.4, -0.2) is 23.9 Å². The molecule has 2 fully saturated rings. The molecule has 1 saturated heterocycles. The van der Waals surface area contributed by atoms with E-state index in [-0.39, 0.29) is 29.3 Å². The van der Waals surface area contributed by atoms with Crippen molar-refractivity contribution in [1.29, 1.82) is 0 Å². The molecule has 2 N–H and O–H groups in total. The lowest BCUT2D eigenvalue weighted by Crippen LogP contribution is -2.57. The molecule has 2 amide bonds. The summed E-state index contributed by atoms with van der Waals surface area (Å²) in [6, 6.07) is 10.7. The Hall–Kier alpha value is -1.84. The van der Waals surface area contributed by atoms with Crippen molar-refractivity contribution in [2.75, 3.05) is 0 Å². The van der Waals surface area contributed by atoms with Crippen LogP contribution < -0.4 is 10.6 Å². The average Bonchev–Trinajstić information content (AvgIpc) is 2.61. The van der Waals surface area contributed by atoms with Crippen molar-refractivity contribution >= 4 is 11.8 Å². The fourth-order valence-corrected chi connectivity index (χ4v) is 4.94. The van der Waals surface area contributed by atoms with Gasteiger partial charge in [-0.05, 0) is 54.9 Å². The summed E-state index contributed by atoms with van der Waals surface area (Å²) in [5.41, 5.74) is 1.43. The Bertz CT molecular complexity index is 650. The van der Waals surface area contributed by atoms with Gasteiger partial charge in [0.05, 0.1) is 0 Å². The Balaban J connectivity index is 1.47. The van der Waals surface area contributed by atoms with E-state index in [1.807, 2.05) is 18.2 Å². The predicted octanol–water partition coefficient (Wildman–Crippen LogP) is 3.85. The van der Waals surface area contributed by atoms with Crippen LogP contribution in [0.5, 0.6) is 0 Å². The first-order valence-electron chi connectivity index (χ1n) is 10.5. The van der Waals surface area contributed by atoms with Crippen molar-refractivity contribution in [2.45, 2.75) is 77.8 Å². The van der Waals surface area contributed by atoms with E-state index in [4.69, 9.17) is 0 Å². The van der Waals surface area contributed by atoms with E-state index in [0.717, 1.165) is 32.1 Å². The number of fused-ring (bicyclic) bond motifs is 1. The number of benzene rings is 1. The highest BCUT2D eigenvalue weighted by Gasteiger charge is 2.45. The molecular weight excluding hydrogens is 336 g/mol. The van der Waals surface area contributed by atoms with Gasteiger partial charge in [-0.25, -0.2) is 0 Å². The van der Waals surface area contributed by atoms with Crippen molar-refractivity contribution < 1.29 is 9.59 Å². The molecule has 4 atom stereocenters. The second-order valence-electron chi connectivity index (χ2n) is 9.43. The molecule has 27 heavy (non-hydrogen) atoms. The molecule has 4 nitrogen and oxygen atoms in total. The second kappa shape index (κ2) is 8.45. The number of rotatable bonds is 5. The van der Waals surface area contributed by atoms with E-state index in [2.05, 4.69) is 43.5 Å². The monoisotopic (exact) mass is 370 g/mol. The maximum absolute atomic E-state index is 12.4. The van der Waals surface area contributed by atoms with Gasteiger partial charge in [-0.1, -0.05) is 51.1 Å². The molecule has 0 spiro atoms. The number of amides is 2. The van der Waals surface area contributed by atoms with Gasteiger partial charge >= 0.3 is 0 Å². The minimum absolute atomic E-state index is 0.142. The van der Waals surface area contributed by atoms with Gasteiger partial charge in [0.15, 0.2) is 0 Å². The van der Waals surface area contributed by atoms with Crippen LogP contribution in [0.1, 0.15) is 64.9 Å². The molecule has 3 rings (SSSR count). The first kappa shape index (κ1) is 19.9. The Morgan fingerprint density at radius 2 is 1.93 bits per heavy atom. The third-order valence-electron chi connectivity index (χ3n) is 6.36. The third-order valence-corrected chi connectivity index (χ3v) is 6.36. The molecule has 1 aromatic carbocycles. The summed E-state index contributed by atoms with van der Waals surface area (Å²) in [5.74, 6) is 1.28. The number of hydrogen-bond acceptors (Lipinski definition) is 2. The summed E-state index contributed by atoms with van der Waals surface area (Å²) in [7, 11) is 0. The van der Waals surface area contributed by atoms with Crippen LogP contribution in [0.3, 0.4) is 0 Å². The van der Waals surface area contributed by atoms with Crippen molar-refractivity contribution in [3.05, 3.63) is 35.9 Å². The van der Waals surface area contributed by atoms with Crippen molar-refractivity contribution in [1.82, 2.24) is 10.6 Å². The summed E-state index contributed by atoms with van der Waals surface area (Å²) in [4.78, 5) is 24.5. The quantitative estimate of drug-likeness (QED) is 0.827. The Labute approximate surface area is 163 Å². The lowest BCUT2D eigenvalue weighted by molar-refractivity contribution is -0.130. The van der Waals surface area contributed by atoms with Crippen molar-refractivity contribution in [2.24, 2.45) is 17.3 Å². The van der Waals surface area contributed by atoms with Crippen molar-refractivity contribution in [3.8, 4) is 0 Å². The minimum Gasteiger partial charge on any atom is -0.353 e. The van der Waals surface area contributed by atoms with Gasteiger partial charge in [-0.15, -0.1) is 0 Å². The zero-order valence-corrected chi connectivity index (χ0v) is 17.0. The number of aryl methyl sites for hydroxylation is 1. The number of nitrogens with one attached hydrogen (secondary N) is 2. The summed E-state index contributed by atoms with van der Waals surface area (Å²) in [6.45, 7) is 6.73. The molecule has 4 heteroatoms. The summed E-state index contributed by atoms with van der Waals surface area (Å²) in [6.07, 6.45) is 5.99. The lowest BCUT2D eigenvalue weighted by atomic mass is 9.62. The molecule has 1 aliphatic carbocycles. The van der Waals surface area contributed by atoms with Gasteiger partial charge in [0.25, 0.3) is 0 Å². The van der Waals surface area contributed by atoms with Crippen LogP contribution in [0.25, 0.3) is 0 Å². The van der Waals surface area contributed by atoms with Gasteiger partial charge in [0.1, 0.15) is 0 Å². The Morgan fingerprint density at radius 3 is 2.63 bits per heavy atom. The highest BCUT2D eigenvalue weighted by molar-refractivity contribution is 5.78. The predicted molar refractivity (Wildman–Crippen MR) is 108 cm³/mol. The molecule has 0 aromatic heterocycles. The Morgan fingerprint density at radius 1 is 1.19 bits per heavy atom. The largest absolute Gasteiger partial charge is 0.353 e. The fraction of sp³-hybridized carbons (Fsp3) is 0.652. The van der Waals surface area contributed by atoms with Crippen LogP contribution in [0, 0.1) is 17.3 Å². The first-order valence-corrected chi connectivity index (χ1v) is 10.5. The first-order chi connectivity index (χ1) is 12.8. The van der Waals surface area contributed by atoms with Gasteiger partial charge in [0, 0.05) is 24.9 Å². The van der Waals surface area contributed by atoms with E-state index in [1.54, 1.807) is 0 Å². The summed E-state index contributed by atoms with van der Waals surface area (Å²) in [5, 5.41) is 6.41. The molecule has 0 bridgehead atoms. The third kappa shape index (κ3) is 5.33. The number of carbonyl (C=O) groups excluding carboxylic acids is 2. The van der Waals surface area contributed by atoms with Gasteiger partial charge in [0.2, 0.25) is 11.8 Å².